The molecule has 4 unspecified atom stereocenters. The van der Waals surface area contributed by atoms with E-state index < -0.39 is 0 Å². The summed E-state index contributed by atoms with van der Waals surface area (Å²) in [7, 11) is 0. The van der Waals surface area contributed by atoms with Crippen molar-refractivity contribution < 1.29 is 9.47 Å². The molecular formula is C30H46O2. The molecule has 8 bridgehead atoms. The lowest BCUT2D eigenvalue weighted by Crippen LogP contribution is -2.73. The summed E-state index contributed by atoms with van der Waals surface area (Å²) in [6.07, 6.45) is 20.0. The Morgan fingerprint density at radius 3 is 1.09 bits per heavy atom. The number of hydrogen-bond donors (Lipinski definition) is 0. The maximum Gasteiger partial charge on any atom is 0.0702 e. The van der Waals surface area contributed by atoms with Crippen LogP contribution in [0.1, 0.15) is 105 Å². The minimum atomic E-state index is 0.0622. The summed E-state index contributed by atoms with van der Waals surface area (Å²) in [5.41, 5.74) is 2.61. The molecule has 4 atom stereocenters. The van der Waals surface area contributed by atoms with Gasteiger partial charge in [-0.15, -0.1) is 13.2 Å². The lowest BCUT2D eigenvalue weighted by molar-refractivity contribution is -0.327. The largest absolute Gasteiger partial charge is 0.371 e. The molecule has 0 aromatic carbocycles. The van der Waals surface area contributed by atoms with Gasteiger partial charge in [0.15, 0.2) is 0 Å². The van der Waals surface area contributed by atoms with Crippen LogP contribution in [0.3, 0.4) is 0 Å². The Balaban J connectivity index is 1.47. The van der Waals surface area contributed by atoms with Gasteiger partial charge in [0.25, 0.3) is 0 Å². The van der Waals surface area contributed by atoms with Crippen molar-refractivity contribution in [3.05, 3.63) is 25.3 Å². The molecule has 8 fully saturated rings. The first-order valence-electron chi connectivity index (χ1n) is 13.4. The van der Waals surface area contributed by atoms with Crippen molar-refractivity contribution in [1.82, 2.24) is 0 Å². The van der Waals surface area contributed by atoms with Crippen molar-refractivity contribution in [2.24, 2.45) is 32.5 Å². The second-order valence-corrected chi connectivity index (χ2v) is 15.5. The monoisotopic (exact) mass is 438 g/mol. The predicted octanol–water partition coefficient (Wildman–Crippen LogP) is 7.63. The highest BCUT2D eigenvalue weighted by molar-refractivity contribution is 5.27. The SMILES string of the molecule is C=CCOC12CC3(C)CC(C)(C1)CC(C14CC5(C)CC(C)(CC(OCC=C)(C5)C1)C4)(C3)C2. The van der Waals surface area contributed by atoms with Gasteiger partial charge < -0.3 is 9.47 Å². The zero-order valence-corrected chi connectivity index (χ0v) is 21.3. The summed E-state index contributed by atoms with van der Waals surface area (Å²) in [6.45, 7) is 19.8. The minimum Gasteiger partial charge on any atom is -0.371 e. The van der Waals surface area contributed by atoms with Gasteiger partial charge in [-0.05, 0) is 110 Å². The fourth-order valence-corrected chi connectivity index (χ4v) is 13.1. The summed E-state index contributed by atoms with van der Waals surface area (Å²) in [5, 5.41) is 0. The fraction of sp³-hybridized carbons (Fsp3) is 0.867. The lowest BCUT2D eigenvalue weighted by atomic mass is 9.27. The van der Waals surface area contributed by atoms with Crippen molar-refractivity contribution in [1.29, 1.82) is 0 Å². The van der Waals surface area contributed by atoms with E-state index in [0.29, 0.717) is 45.7 Å². The first kappa shape index (κ1) is 21.9. The standard InChI is InChI=1S/C30H46O2/c1-7-9-31-29-17-23(3)11-24(4,18-29)14-27(13-23,21-29)28-15-25(5)12-26(6,16-28)20-30(19-25,22-28)32-10-8-2/h7-8H,1-2,9-22H2,3-6H3. The van der Waals surface area contributed by atoms with Gasteiger partial charge in [-0.2, -0.15) is 0 Å². The van der Waals surface area contributed by atoms with E-state index in [1.54, 1.807) is 0 Å². The van der Waals surface area contributed by atoms with Gasteiger partial charge in [-0.3, -0.25) is 0 Å². The number of rotatable bonds is 7. The van der Waals surface area contributed by atoms with Crippen LogP contribution in [0.5, 0.6) is 0 Å². The van der Waals surface area contributed by atoms with Crippen LogP contribution in [0.25, 0.3) is 0 Å². The van der Waals surface area contributed by atoms with Gasteiger partial charge in [0.2, 0.25) is 0 Å². The quantitative estimate of drug-likeness (QED) is 0.380. The molecule has 0 amide bonds. The summed E-state index contributed by atoms with van der Waals surface area (Å²) in [6, 6.07) is 0. The van der Waals surface area contributed by atoms with Crippen LogP contribution in [0, 0.1) is 32.5 Å². The molecule has 2 nitrogen and oxygen atoms in total. The third-order valence-corrected chi connectivity index (χ3v) is 11.2. The third kappa shape index (κ3) is 2.90. The highest BCUT2D eigenvalue weighted by Gasteiger charge is 2.76. The molecule has 8 rings (SSSR count). The van der Waals surface area contributed by atoms with Crippen molar-refractivity contribution in [3.8, 4) is 0 Å². The predicted molar refractivity (Wildman–Crippen MR) is 130 cm³/mol. The maximum absolute atomic E-state index is 6.79. The van der Waals surface area contributed by atoms with Crippen molar-refractivity contribution in [2.75, 3.05) is 13.2 Å². The fourth-order valence-electron chi connectivity index (χ4n) is 13.1. The Hall–Kier alpha value is -0.600. The molecular weight excluding hydrogens is 392 g/mol. The van der Waals surface area contributed by atoms with Crippen molar-refractivity contribution in [3.63, 3.8) is 0 Å². The van der Waals surface area contributed by atoms with Crippen LogP contribution in [0.4, 0.5) is 0 Å². The average Bonchev–Trinajstić information content (AvgIpc) is 2.59. The zero-order chi connectivity index (χ0) is 22.7. The zero-order valence-electron chi connectivity index (χ0n) is 21.3. The molecule has 0 radical (unpaired) electrons. The van der Waals surface area contributed by atoms with E-state index in [1.807, 2.05) is 12.2 Å². The maximum atomic E-state index is 6.79. The summed E-state index contributed by atoms with van der Waals surface area (Å²) >= 11 is 0. The van der Waals surface area contributed by atoms with E-state index in [2.05, 4.69) is 40.9 Å². The number of ether oxygens (including phenoxy) is 2. The molecule has 0 aromatic rings. The van der Waals surface area contributed by atoms with E-state index in [-0.39, 0.29) is 11.2 Å². The molecule has 2 heteroatoms. The number of hydrogen-bond acceptors (Lipinski definition) is 2. The highest BCUT2D eigenvalue weighted by Crippen LogP contribution is 2.83. The Kier molecular flexibility index (Phi) is 4.20. The second kappa shape index (κ2) is 6.14. The van der Waals surface area contributed by atoms with E-state index in [1.165, 1.54) is 77.0 Å². The van der Waals surface area contributed by atoms with Crippen LogP contribution in [0.2, 0.25) is 0 Å². The third-order valence-electron chi connectivity index (χ3n) is 11.2. The topological polar surface area (TPSA) is 18.5 Å². The van der Waals surface area contributed by atoms with E-state index >= 15 is 0 Å². The van der Waals surface area contributed by atoms with E-state index in [9.17, 15) is 0 Å². The molecule has 0 heterocycles. The summed E-state index contributed by atoms with van der Waals surface area (Å²) in [4.78, 5) is 0. The molecule has 32 heavy (non-hydrogen) atoms. The van der Waals surface area contributed by atoms with Gasteiger partial charge in [0.1, 0.15) is 0 Å². The van der Waals surface area contributed by atoms with Crippen LogP contribution in [-0.4, -0.2) is 24.4 Å². The van der Waals surface area contributed by atoms with Crippen LogP contribution in [-0.2, 0) is 9.47 Å². The minimum absolute atomic E-state index is 0.0622. The van der Waals surface area contributed by atoms with Gasteiger partial charge in [0.05, 0.1) is 24.4 Å². The highest BCUT2D eigenvalue weighted by atomic mass is 16.5. The molecule has 0 aromatic heterocycles. The van der Waals surface area contributed by atoms with Gasteiger partial charge >= 0.3 is 0 Å². The van der Waals surface area contributed by atoms with Gasteiger partial charge in [-0.25, -0.2) is 0 Å². The van der Waals surface area contributed by atoms with E-state index in [0.717, 1.165) is 0 Å². The first-order valence-corrected chi connectivity index (χ1v) is 13.4. The second-order valence-electron chi connectivity index (χ2n) is 15.5. The van der Waals surface area contributed by atoms with Gasteiger partial charge in [0, 0.05) is 0 Å². The van der Waals surface area contributed by atoms with Crippen molar-refractivity contribution in [2.45, 2.75) is 116 Å². The molecule has 178 valence electrons. The molecule has 0 saturated heterocycles. The Morgan fingerprint density at radius 2 is 0.812 bits per heavy atom. The smallest absolute Gasteiger partial charge is 0.0702 e. The van der Waals surface area contributed by atoms with Crippen LogP contribution in [0.15, 0.2) is 25.3 Å². The molecule has 0 N–H and O–H groups in total. The Morgan fingerprint density at radius 1 is 0.500 bits per heavy atom. The average molecular weight is 439 g/mol. The van der Waals surface area contributed by atoms with Gasteiger partial charge in [-0.1, -0.05) is 39.8 Å². The molecule has 8 aliphatic rings. The van der Waals surface area contributed by atoms with Crippen molar-refractivity contribution >= 4 is 0 Å². The normalized spacial score (nSPS) is 59.5. The van der Waals surface area contributed by atoms with E-state index in [4.69, 9.17) is 9.47 Å². The first-order chi connectivity index (χ1) is 14.9. The van der Waals surface area contributed by atoms with Crippen LogP contribution < -0.4 is 0 Å². The lowest BCUT2D eigenvalue weighted by Gasteiger charge is -2.79. The molecule has 8 aliphatic carbocycles. The Bertz CT molecular complexity index is 747. The Labute approximate surface area is 196 Å². The summed E-state index contributed by atoms with van der Waals surface area (Å²) < 4.78 is 13.6. The molecule has 0 aliphatic heterocycles. The van der Waals surface area contributed by atoms with Crippen LogP contribution >= 0.6 is 0 Å². The molecule has 0 spiro atoms. The summed E-state index contributed by atoms with van der Waals surface area (Å²) in [5.74, 6) is 0. The molecule has 8 saturated carbocycles.